The van der Waals surface area contributed by atoms with Crippen LogP contribution in [0, 0.1) is 6.92 Å². The van der Waals surface area contributed by atoms with Crippen LogP contribution in [0.5, 0.6) is 5.75 Å². The largest absolute Gasteiger partial charge is 0.491 e. The SMILES string of the molecule is Cc1ccc(OCC2OC2c2ccccc2)cc1. The molecule has 3 rings (SSSR count). The van der Waals surface area contributed by atoms with Crippen LogP contribution in [0.1, 0.15) is 17.2 Å². The zero-order chi connectivity index (χ0) is 12.4. The van der Waals surface area contributed by atoms with E-state index >= 15 is 0 Å². The number of aryl methyl sites for hydroxylation is 1. The smallest absolute Gasteiger partial charge is 0.123 e. The Balaban J connectivity index is 1.53. The second-order valence-electron chi connectivity index (χ2n) is 4.63. The lowest BCUT2D eigenvalue weighted by Crippen LogP contribution is -2.05. The third kappa shape index (κ3) is 2.54. The van der Waals surface area contributed by atoms with Crippen LogP contribution in [0.2, 0.25) is 0 Å². The zero-order valence-electron chi connectivity index (χ0n) is 10.4. The fourth-order valence-corrected chi connectivity index (χ4v) is 2.02. The topological polar surface area (TPSA) is 21.8 Å². The highest BCUT2D eigenvalue weighted by Gasteiger charge is 2.40. The van der Waals surface area contributed by atoms with Crippen LogP contribution in [0.15, 0.2) is 54.6 Å². The van der Waals surface area contributed by atoms with Crippen molar-refractivity contribution in [1.82, 2.24) is 0 Å². The quantitative estimate of drug-likeness (QED) is 0.763. The molecule has 92 valence electrons. The van der Waals surface area contributed by atoms with Crippen LogP contribution in [-0.4, -0.2) is 12.7 Å². The average molecular weight is 240 g/mol. The van der Waals surface area contributed by atoms with E-state index in [1.165, 1.54) is 11.1 Å². The maximum atomic E-state index is 5.71. The summed E-state index contributed by atoms with van der Waals surface area (Å²) >= 11 is 0. The van der Waals surface area contributed by atoms with Crippen molar-refractivity contribution in [3.8, 4) is 5.75 Å². The Morgan fingerprint density at radius 2 is 1.72 bits per heavy atom. The first-order chi connectivity index (χ1) is 8.83. The number of ether oxygens (including phenoxy) is 2. The number of benzene rings is 2. The maximum absolute atomic E-state index is 5.71. The van der Waals surface area contributed by atoms with Gasteiger partial charge in [0.05, 0.1) is 0 Å². The van der Waals surface area contributed by atoms with Crippen LogP contribution in [0.4, 0.5) is 0 Å². The van der Waals surface area contributed by atoms with Gasteiger partial charge in [-0.05, 0) is 24.6 Å². The second-order valence-corrected chi connectivity index (χ2v) is 4.63. The molecule has 1 aliphatic heterocycles. The van der Waals surface area contributed by atoms with E-state index in [9.17, 15) is 0 Å². The molecule has 0 spiro atoms. The zero-order valence-corrected chi connectivity index (χ0v) is 10.4. The van der Waals surface area contributed by atoms with Crippen molar-refractivity contribution in [2.75, 3.05) is 6.61 Å². The third-order valence-corrected chi connectivity index (χ3v) is 3.15. The molecule has 2 aromatic carbocycles. The molecule has 0 N–H and O–H groups in total. The highest BCUT2D eigenvalue weighted by molar-refractivity contribution is 5.27. The predicted octanol–water partition coefficient (Wildman–Crippen LogP) is 3.51. The lowest BCUT2D eigenvalue weighted by molar-refractivity contribution is 0.260. The van der Waals surface area contributed by atoms with Crippen molar-refractivity contribution < 1.29 is 9.47 Å². The molecule has 0 radical (unpaired) electrons. The standard InChI is InChI=1S/C16H16O2/c1-12-7-9-14(10-8-12)17-11-15-16(18-15)13-5-3-2-4-6-13/h2-10,15-16H,11H2,1H3. The first kappa shape index (κ1) is 11.3. The molecule has 0 bridgehead atoms. The van der Waals surface area contributed by atoms with Crippen LogP contribution < -0.4 is 4.74 Å². The molecule has 2 aromatic rings. The number of epoxide rings is 1. The molecule has 0 saturated carbocycles. The summed E-state index contributed by atoms with van der Waals surface area (Å²) in [6, 6.07) is 18.4. The van der Waals surface area contributed by atoms with Gasteiger partial charge in [0, 0.05) is 0 Å². The van der Waals surface area contributed by atoms with Crippen molar-refractivity contribution >= 4 is 0 Å². The van der Waals surface area contributed by atoms with Gasteiger partial charge in [-0.3, -0.25) is 0 Å². The highest BCUT2D eigenvalue weighted by atomic mass is 16.6. The van der Waals surface area contributed by atoms with E-state index in [4.69, 9.17) is 9.47 Å². The molecule has 1 saturated heterocycles. The number of hydrogen-bond acceptors (Lipinski definition) is 2. The third-order valence-electron chi connectivity index (χ3n) is 3.15. The molecule has 0 amide bonds. The van der Waals surface area contributed by atoms with Crippen LogP contribution in [-0.2, 0) is 4.74 Å². The Morgan fingerprint density at radius 3 is 2.44 bits per heavy atom. The molecule has 2 heteroatoms. The summed E-state index contributed by atoms with van der Waals surface area (Å²) in [5.74, 6) is 0.905. The van der Waals surface area contributed by atoms with Gasteiger partial charge >= 0.3 is 0 Å². The maximum Gasteiger partial charge on any atom is 0.123 e. The van der Waals surface area contributed by atoms with Crippen LogP contribution in [0.25, 0.3) is 0 Å². The molecule has 1 fully saturated rings. The van der Waals surface area contributed by atoms with E-state index < -0.39 is 0 Å². The predicted molar refractivity (Wildman–Crippen MR) is 70.7 cm³/mol. The fraction of sp³-hybridized carbons (Fsp3) is 0.250. The molecular formula is C16H16O2. The van der Waals surface area contributed by atoms with Gasteiger partial charge in [-0.2, -0.15) is 0 Å². The Hall–Kier alpha value is -1.80. The number of hydrogen-bond donors (Lipinski definition) is 0. The van der Waals surface area contributed by atoms with Gasteiger partial charge in [0.1, 0.15) is 24.6 Å². The molecule has 0 aliphatic carbocycles. The van der Waals surface area contributed by atoms with Crippen LogP contribution in [0.3, 0.4) is 0 Å². The van der Waals surface area contributed by atoms with Gasteiger partial charge in [-0.25, -0.2) is 0 Å². The first-order valence-corrected chi connectivity index (χ1v) is 6.23. The normalized spacial score (nSPS) is 21.6. The number of rotatable bonds is 4. The summed E-state index contributed by atoms with van der Waals surface area (Å²) in [4.78, 5) is 0. The molecule has 1 heterocycles. The molecule has 2 unspecified atom stereocenters. The van der Waals surface area contributed by atoms with Gasteiger partial charge in [-0.15, -0.1) is 0 Å². The van der Waals surface area contributed by atoms with E-state index in [1.54, 1.807) is 0 Å². The van der Waals surface area contributed by atoms with Gasteiger partial charge in [0.2, 0.25) is 0 Å². The van der Waals surface area contributed by atoms with Gasteiger partial charge in [0.15, 0.2) is 0 Å². The Kier molecular flexibility index (Phi) is 3.03. The second kappa shape index (κ2) is 4.83. The minimum atomic E-state index is 0.189. The summed E-state index contributed by atoms with van der Waals surface area (Å²) in [7, 11) is 0. The summed E-state index contributed by atoms with van der Waals surface area (Å²) in [5, 5.41) is 0. The summed E-state index contributed by atoms with van der Waals surface area (Å²) in [6.45, 7) is 2.68. The van der Waals surface area contributed by atoms with Crippen LogP contribution >= 0.6 is 0 Å². The molecular weight excluding hydrogens is 224 g/mol. The van der Waals surface area contributed by atoms with Gasteiger partial charge in [-0.1, -0.05) is 48.0 Å². The average Bonchev–Trinajstić information content (AvgIpc) is 3.19. The molecule has 18 heavy (non-hydrogen) atoms. The minimum Gasteiger partial charge on any atom is -0.491 e. The van der Waals surface area contributed by atoms with Crippen molar-refractivity contribution in [2.24, 2.45) is 0 Å². The van der Waals surface area contributed by atoms with E-state index in [0.717, 1.165) is 5.75 Å². The van der Waals surface area contributed by atoms with E-state index in [1.807, 2.05) is 30.3 Å². The van der Waals surface area contributed by atoms with Gasteiger partial charge in [0.25, 0.3) is 0 Å². The van der Waals surface area contributed by atoms with Crippen molar-refractivity contribution in [1.29, 1.82) is 0 Å². The fourth-order valence-electron chi connectivity index (χ4n) is 2.02. The van der Waals surface area contributed by atoms with Crippen molar-refractivity contribution in [3.63, 3.8) is 0 Å². The van der Waals surface area contributed by atoms with E-state index in [-0.39, 0.29) is 12.2 Å². The summed E-state index contributed by atoms with van der Waals surface area (Å²) in [5.41, 5.74) is 2.47. The molecule has 2 nitrogen and oxygen atoms in total. The van der Waals surface area contributed by atoms with Gasteiger partial charge < -0.3 is 9.47 Å². The van der Waals surface area contributed by atoms with E-state index in [2.05, 4.69) is 31.2 Å². The molecule has 1 aliphatic rings. The molecule has 2 atom stereocenters. The Labute approximate surface area is 107 Å². The van der Waals surface area contributed by atoms with Crippen molar-refractivity contribution in [2.45, 2.75) is 19.1 Å². The lowest BCUT2D eigenvalue weighted by Gasteiger charge is -2.04. The van der Waals surface area contributed by atoms with E-state index in [0.29, 0.717) is 6.61 Å². The highest BCUT2D eigenvalue weighted by Crippen LogP contribution is 2.38. The molecule has 0 aromatic heterocycles. The Morgan fingerprint density at radius 1 is 1.00 bits per heavy atom. The first-order valence-electron chi connectivity index (χ1n) is 6.23. The lowest BCUT2D eigenvalue weighted by atomic mass is 10.1. The summed E-state index contributed by atoms with van der Waals surface area (Å²) in [6.07, 6.45) is 0.394. The summed E-state index contributed by atoms with van der Waals surface area (Å²) < 4.78 is 11.3. The monoisotopic (exact) mass is 240 g/mol. The Bertz CT molecular complexity index is 504. The minimum absolute atomic E-state index is 0.189. The van der Waals surface area contributed by atoms with Crippen molar-refractivity contribution in [3.05, 3.63) is 65.7 Å².